The molecule has 1 rings (SSSR count). The predicted octanol–water partition coefficient (Wildman–Crippen LogP) is 1.27. The van der Waals surface area contributed by atoms with E-state index in [1.54, 1.807) is 6.07 Å². The molecule has 0 aromatic heterocycles. The molecule has 0 fully saturated rings. The lowest BCUT2D eigenvalue weighted by Gasteiger charge is -2.12. The topological polar surface area (TPSA) is 67.8 Å². The number of rotatable bonds is 7. The van der Waals surface area contributed by atoms with E-state index in [-0.39, 0.29) is 6.61 Å². The van der Waals surface area contributed by atoms with Crippen LogP contribution < -0.4 is 14.8 Å². The molecule has 0 spiro atoms. The molecular weight excluding hydrogens is 222 g/mol. The van der Waals surface area contributed by atoms with Crippen molar-refractivity contribution in [3.63, 3.8) is 0 Å². The second kappa shape index (κ2) is 6.75. The summed E-state index contributed by atoms with van der Waals surface area (Å²) >= 11 is 0. The van der Waals surface area contributed by atoms with E-state index in [1.807, 2.05) is 26.1 Å². The normalized spacial score (nSPS) is 10.0. The molecule has 0 heterocycles. The van der Waals surface area contributed by atoms with E-state index in [9.17, 15) is 4.79 Å². The number of benzene rings is 1. The van der Waals surface area contributed by atoms with Crippen LogP contribution in [0.15, 0.2) is 18.2 Å². The van der Waals surface area contributed by atoms with E-state index in [1.165, 1.54) is 0 Å². The quantitative estimate of drug-likeness (QED) is 0.750. The summed E-state index contributed by atoms with van der Waals surface area (Å²) in [5.74, 6) is 0.0161. The average Bonchev–Trinajstić information content (AvgIpc) is 2.28. The first-order chi connectivity index (χ1) is 8.17. The third-order valence-corrected chi connectivity index (χ3v) is 2.04. The summed E-state index contributed by atoms with van der Waals surface area (Å²) in [5, 5.41) is 11.6. The summed E-state index contributed by atoms with van der Waals surface area (Å²) in [7, 11) is 1.86. The van der Waals surface area contributed by atoms with Gasteiger partial charge < -0.3 is 19.9 Å². The molecule has 2 N–H and O–H groups in total. The smallest absolute Gasteiger partial charge is 0.341 e. The number of carboxylic acid groups (broad SMARTS) is 1. The van der Waals surface area contributed by atoms with Gasteiger partial charge in [-0.2, -0.15) is 0 Å². The maximum Gasteiger partial charge on any atom is 0.341 e. The number of carboxylic acids is 1. The molecule has 1 aromatic rings. The second-order valence-electron chi connectivity index (χ2n) is 3.43. The van der Waals surface area contributed by atoms with Gasteiger partial charge in [0.25, 0.3) is 0 Å². The summed E-state index contributed by atoms with van der Waals surface area (Å²) in [6.45, 7) is 2.73. The van der Waals surface area contributed by atoms with Crippen LogP contribution in [-0.2, 0) is 11.3 Å². The van der Waals surface area contributed by atoms with Gasteiger partial charge in [0.05, 0.1) is 6.61 Å². The minimum atomic E-state index is -1.01. The van der Waals surface area contributed by atoms with Gasteiger partial charge in [-0.1, -0.05) is 6.07 Å². The van der Waals surface area contributed by atoms with Gasteiger partial charge >= 0.3 is 5.97 Å². The van der Waals surface area contributed by atoms with Crippen LogP contribution in [0.3, 0.4) is 0 Å². The van der Waals surface area contributed by atoms with Crippen LogP contribution in [0.5, 0.6) is 11.5 Å². The van der Waals surface area contributed by atoms with Crippen LogP contribution in [0.25, 0.3) is 0 Å². The lowest BCUT2D eigenvalue weighted by Crippen LogP contribution is -2.11. The van der Waals surface area contributed by atoms with Crippen LogP contribution in [0.4, 0.5) is 0 Å². The Balaban J connectivity index is 2.83. The molecule has 5 nitrogen and oxygen atoms in total. The Morgan fingerprint density at radius 1 is 1.35 bits per heavy atom. The number of carbonyl (C=O) groups is 1. The van der Waals surface area contributed by atoms with Crippen molar-refractivity contribution in [1.82, 2.24) is 5.32 Å². The van der Waals surface area contributed by atoms with Crippen molar-refractivity contribution in [2.24, 2.45) is 0 Å². The Kier molecular flexibility index (Phi) is 5.29. The van der Waals surface area contributed by atoms with Crippen molar-refractivity contribution in [2.75, 3.05) is 20.3 Å². The van der Waals surface area contributed by atoms with Gasteiger partial charge in [0.1, 0.15) is 0 Å². The Hall–Kier alpha value is -1.75. The Morgan fingerprint density at radius 3 is 2.71 bits per heavy atom. The molecule has 0 aliphatic heterocycles. The molecule has 0 atom stereocenters. The Bertz CT molecular complexity index is 379. The zero-order chi connectivity index (χ0) is 12.7. The van der Waals surface area contributed by atoms with E-state index in [4.69, 9.17) is 14.6 Å². The highest BCUT2D eigenvalue weighted by molar-refractivity contribution is 5.68. The molecule has 0 aliphatic carbocycles. The fraction of sp³-hybridized carbons (Fsp3) is 0.417. The number of hydrogen-bond donors (Lipinski definition) is 2. The molecule has 0 aliphatic rings. The maximum absolute atomic E-state index is 10.4. The standard InChI is InChI=1S/C12H17NO4/c1-3-16-11-6-9(7-13-2)4-5-10(11)17-8-12(14)15/h4-6,13H,3,7-8H2,1-2H3,(H,14,15). The molecule has 17 heavy (non-hydrogen) atoms. The van der Waals surface area contributed by atoms with Gasteiger partial charge in [-0.25, -0.2) is 4.79 Å². The first-order valence-electron chi connectivity index (χ1n) is 5.42. The van der Waals surface area contributed by atoms with Gasteiger partial charge in [-0.05, 0) is 31.7 Å². The summed E-state index contributed by atoms with van der Waals surface area (Å²) in [4.78, 5) is 10.4. The molecular formula is C12H17NO4. The lowest BCUT2D eigenvalue weighted by atomic mass is 10.2. The first kappa shape index (κ1) is 13.3. The van der Waals surface area contributed by atoms with Gasteiger partial charge in [-0.3, -0.25) is 0 Å². The molecule has 0 bridgehead atoms. The largest absolute Gasteiger partial charge is 0.490 e. The van der Waals surface area contributed by atoms with Gasteiger partial charge in [0.2, 0.25) is 0 Å². The minimum Gasteiger partial charge on any atom is -0.490 e. The molecule has 0 unspecified atom stereocenters. The van der Waals surface area contributed by atoms with Crippen LogP contribution in [0, 0.1) is 0 Å². The molecule has 0 radical (unpaired) electrons. The van der Waals surface area contributed by atoms with Crippen LogP contribution in [0.2, 0.25) is 0 Å². The predicted molar refractivity (Wildman–Crippen MR) is 63.5 cm³/mol. The van der Waals surface area contributed by atoms with E-state index in [0.717, 1.165) is 12.1 Å². The van der Waals surface area contributed by atoms with E-state index in [0.29, 0.717) is 18.1 Å². The summed E-state index contributed by atoms with van der Waals surface area (Å²) < 4.78 is 10.5. The van der Waals surface area contributed by atoms with Crippen molar-refractivity contribution in [2.45, 2.75) is 13.5 Å². The number of aliphatic carboxylic acids is 1. The van der Waals surface area contributed by atoms with E-state index >= 15 is 0 Å². The van der Waals surface area contributed by atoms with Crippen molar-refractivity contribution < 1.29 is 19.4 Å². The summed E-state index contributed by atoms with van der Waals surface area (Å²) in [6.07, 6.45) is 0. The number of nitrogens with one attached hydrogen (secondary N) is 1. The summed E-state index contributed by atoms with van der Waals surface area (Å²) in [6, 6.07) is 5.44. The Morgan fingerprint density at radius 2 is 2.12 bits per heavy atom. The van der Waals surface area contributed by atoms with Crippen LogP contribution in [0.1, 0.15) is 12.5 Å². The molecule has 0 saturated heterocycles. The third kappa shape index (κ3) is 4.32. The number of ether oxygens (including phenoxy) is 2. The fourth-order valence-electron chi connectivity index (χ4n) is 1.39. The molecule has 1 aromatic carbocycles. The van der Waals surface area contributed by atoms with Gasteiger partial charge in [0, 0.05) is 6.54 Å². The third-order valence-electron chi connectivity index (χ3n) is 2.04. The highest BCUT2D eigenvalue weighted by atomic mass is 16.5. The Labute approximate surface area is 100 Å². The zero-order valence-corrected chi connectivity index (χ0v) is 10.0. The fourth-order valence-corrected chi connectivity index (χ4v) is 1.39. The van der Waals surface area contributed by atoms with Gasteiger partial charge in [0.15, 0.2) is 18.1 Å². The van der Waals surface area contributed by atoms with Gasteiger partial charge in [-0.15, -0.1) is 0 Å². The van der Waals surface area contributed by atoms with Crippen LogP contribution >= 0.6 is 0 Å². The zero-order valence-electron chi connectivity index (χ0n) is 10.0. The molecule has 94 valence electrons. The van der Waals surface area contributed by atoms with E-state index in [2.05, 4.69) is 5.32 Å². The molecule has 5 heteroatoms. The van der Waals surface area contributed by atoms with Crippen molar-refractivity contribution >= 4 is 5.97 Å². The van der Waals surface area contributed by atoms with Crippen LogP contribution in [-0.4, -0.2) is 31.3 Å². The molecule has 0 amide bonds. The lowest BCUT2D eigenvalue weighted by molar-refractivity contribution is -0.139. The minimum absolute atomic E-state index is 0.370. The van der Waals surface area contributed by atoms with E-state index < -0.39 is 5.97 Å². The highest BCUT2D eigenvalue weighted by Gasteiger charge is 2.08. The maximum atomic E-state index is 10.4. The average molecular weight is 239 g/mol. The highest BCUT2D eigenvalue weighted by Crippen LogP contribution is 2.28. The first-order valence-corrected chi connectivity index (χ1v) is 5.42. The van der Waals surface area contributed by atoms with Crippen molar-refractivity contribution in [3.8, 4) is 11.5 Å². The van der Waals surface area contributed by atoms with Crippen molar-refractivity contribution in [1.29, 1.82) is 0 Å². The SMILES string of the molecule is CCOc1cc(CNC)ccc1OCC(=O)O. The molecule has 0 saturated carbocycles. The second-order valence-corrected chi connectivity index (χ2v) is 3.43. The summed E-state index contributed by atoms with van der Waals surface area (Å²) in [5.41, 5.74) is 1.05. The number of hydrogen-bond acceptors (Lipinski definition) is 4. The van der Waals surface area contributed by atoms with Crippen molar-refractivity contribution in [3.05, 3.63) is 23.8 Å². The monoisotopic (exact) mass is 239 g/mol.